The molecule has 0 bridgehead atoms. The van der Waals surface area contributed by atoms with Gasteiger partial charge < -0.3 is 4.74 Å². The van der Waals surface area contributed by atoms with E-state index >= 15 is 0 Å². The molecule has 0 fully saturated rings. The van der Waals surface area contributed by atoms with Gasteiger partial charge in [0.15, 0.2) is 5.69 Å². The monoisotopic (exact) mass is 439 g/mol. The molecule has 144 valence electrons. The van der Waals surface area contributed by atoms with Gasteiger partial charge in [0.2, 0.25) is 0 Å². The van der Waals surface area contributed by atoms with Crippen LogP contribution in [0.25, 0.3) is 21.0 Å². The molecule has 4 rings (SSSR count). The number of thiazole rings is 1. The van der Waals surface area contributed by atoms with Gasteiger partial charge in [-0.1, -0.05) is 77.8 Å². The summed E-state index contributed by atoms with van der Waals surface area (Å²) in [5.41, 5.74) is 2.95. The number of nitrogens with zero attached hydrogens (tertiary/aromatic N) is 1. The minimum atomic E-state index is -0.463. The van der Waals surface area contributed by atoms with Crippen molar-refractivity contribution in [2.45, 2.75) is 6.61 Å². The standard InChI is InChI=1S/C23H15Cl2NO2S/c24-18-10-6-16(7-11-18)21-20(23(27)28-14-15-4-2-1-3-5-15)26-22(29-21)17-8-12-19(25)13-9-17/h1-13H,14H2. The van der Waals surface area contributed by atoms with Crippen LogP contribution in [0.5, 0.6) is 0 Å². The topological polar surface area (TPSA) is 39.2 Å². The summed E-state index contributed by atoms with van der Waals surface area (Å²) in [6.45, 7) is 0.188. The average molecular weight is 440 g/mol. The van der Waals surface area contributed by atoms with Gasteiger partial charge in [-0.2, -0.15) is 0 Å². The fourth-order valence-corrected chi connectivity index (χ4v) is 4.08. The second kappa shape index (κ2) is 8.78. The maximum atomic E-state index is 12.9. The van der Waals surface area contributed by atoms with Gasteiger partial charge in [0, 0.05) is 15.6 Å². The van der Waals surface area contributed by atoms with Crippen LogP contribution in [-0.2, 0) is 11.3 Å². The Hall–Kier alpha value is -2.66. The van der Waals surface area contributed by atoms with Crippen LogP contribution in [0.1, 0.15) is 16.1 Å². The molecule has 1 aromatic heterocycles. The molecule has 4 aromatic rings. The Labute approximate surface area is 182 Å². The lowest BCUT2D eigenvalue weighted by Gasteiger charge is -2.05. The number of hydrogen-bond acceptors (Lipinski definition) is 4. The first-order valence-electron chi connectivity index (χ1n) is 8.84. The highest BCUT2D eigenvalue weighted by molar-refractivity contribution is 7.18. The van der Waals surface area contributed by atoms with Crippen LogP contribution in [0.15, 0.2) is 78.9 Å². The van der Waals surface area contributed by atoms with E-state index in [1.807, 2.05) is 54.6 Å². The van der Waals surface area contributed by atoms with Crippen LogP contribution in [0.3, 0.4) is 0 Å². The maximum absolute atomic E-state index is 12.9. The Bertz CT molecular complexity index is 1120. The van der Waals surface area contributed by atoms with E-state index < -0.39 is 5.97 Å². The number of halogens is 2. The van der Waals surface area contributed by atoms with Crippen molar-refractivity contribution in [1.29, 1.82) is 0 Å². The van der Waals surface area contributed by atoms with E-state index in [1.54, 1.807) is 24.3 Å². The summed E-state index contributed by atoms with van der Waals surface area (Å²) < 4.78 is 5.53. The van der Waals surface area contributed by atoms with E-state index in [-0.39, 0.29) is 6.61 Å². The SMILES string of the molecule is O=C(OCc1ccccc1)c1nc(-c2ccc(Cl)cc2)sc1-c1ccc(Cl)cc1. The van der Waals surface area contributed by atoms with Crippen LogP contribution < -0.4 is 0 Å². The molecule has 6 heteroatoms. The Morgan fingerprint density at radius 1 is 0.828 bits per heavy atom. The second-order valence-corrected chi connectivity index (χ2v) is 8.14. The van der Waals surface area contributed by atoms with Crippen molar-refractivity contribution < 1.29 is 9.53 Å². The molecule has 0 atom stereocenters. The molecule has 0 spiro atoms. The van der Waals surface area contributed by atoms with Crippen LogP contribution in [-0.4, -0.2) is 11.0 Å². The number of ether oxygens (including phenoxy) is 1. The number of hydrogen-bond donors (Lipinski definition) is 0. The summed E-state index contributed by atoms with van der Waals surface area (Å²) in [4.78, 5) is 18.2. The van der Waals surface area contributed by atoms with E-state index in [0.29, 0.717) is 15.7 Å². The fraction of sp³-hybridized carbons (Fsp3) is 0.0435. The van der Waals surface area contributed by atoms with E-state index in [0.717, 1.165) is 26.6 Å². The van der Waals surface area contributed by atoms with Gasteiger partial charge in [-0.3, -0.25) is 0 Å². The molecule has 0 radical (unpaired) electrons. The van der Waals surface area contributed by atoms with Crippen molar-refractivity contribution in [3.05, 3.63) is 100 Å². The quantitative estimate of drug-likeness (QED) is 0.310. The Kier molecular flexibility index (Phi) is 5.95. The van der Waals surface area contributed by atoms with E-state index in [9.17, 15) is 4.79 Å². The van der Waals surface area contributed by atoms with Crippen molar-refractivity contribution in [3.8, 4) is 21.0 Å². The summed E-state index contributed by atoms with van der Waals surface area (Å²) in [7, 11) is 0. The molecule has 3 aromatic carbocycles. The minimum Gasteiger partial charge on any atom is -0.456 e. The van der Waals surface area contributed by atoms with Gasteiger partial charge in [-0.15, -0.1) is 11.3 Å². The maximum Gasteiger partial charge on any atom is 0.358 e. The largest absolute Gasteiger partial charge is 0.456 e. The van der Waals surface area contributed by atoms with E-state index in [1.165, 1.54) is 11.3 Å². The lowest BCUT2D eigenvalue weighted by atomic mass is 10.1. The number of aromatic nitrogens is 1. The first-order chi connectivity index (χ1) is 14.1. The lowest BCUT2D eigenvalue weighted by Crippen LogP contribution is -2.07. The van der Waals surface area contributed by atoms with Gasteiger partial charge in [-0.25, -0.2) is 9.78 Å². The average Bonchev–Trinajstić information content (AvgIpc) is 3.19. The highest BCUT2D eigenvalue weighted by Crippen LogP contribution is 2.36. The number of carbonyl (C=O) groups is 1. The Morgan fingerprint density at radius 2 is 1.41 bits per heavy atom. The van der Waals surface area contributed by atoms with E-state index in [4.69, 9.17) is 27.9 Å². The van der Waals surface area contributed by atoms with Crippen molar-refractivity contribution in [2.75, 3.05) is 0 Å². The van der Waals surface area contributed by atoms with Gasteiger partial charge in [0.1, 0.15) is 11.6 Å². The van der Waals surface area contributed by atoms with Crippen molar-refractivity contribution >= 4 is 40.5 Å². The van der Waals surface area contributed by atoms with Crippen molar-refractivity contribution in [1.82, 2.24) is 4.98 Å². The summed E-state index contributed by atoms with van der Waals surface area (Å²) in [6, 6.07) is 24.2. The molecule has 3 nitrogen and oxygen atoms in total. The third-order valence-corrected chi connectivity index (χ3v) is 5.89. The number of rotatable bonds is 5. The molecule has 0 amide bonds. The molecule has 0 aliphatic heterocycles. The zero-order valence-electron chi connectivity index (χ0n) is 15.1. The number of esters is 1. The molecule has 0 aliphatic carbocycles. The summed E-state index contributed by atoms with van der Waals surface area (Å²) >= 11 is 13.4. The Morgan fingerprint density at radius 3 is 2.03 bits per heavy atom. The molecule has 0 saturated heterocycles. The number of benzene rings is 3. The molecule has 0 saturated carbocycles. The zero-order chi connectivity index (χ0) is 20.2. The molecule has 0 N–H and O–H groups in total. The first kappa shape index (κ1) is 19.6. The summed E-state index contributed by atoms with van der Waals surface area (Å²) in [6.07, 6.45) is 0. The van der Waals surface area contributed by atoms with Gasteiger partial charge in [0.05, 0.1) is 4.88 Å². The fourth-order valence-electron chi connectivity index (χ4n) is 2.76. The smallest absolute Gasteiger partial charge is 0.358 e. The predicted octanol–water partition coefficient (Wildman–Crippen LogP) is 7.14. The zero-order valence-corrected chi connectivity index (χ0v) is 17.5. The van der Waals surface area contributed by atoms with Crippen molar-refractivity contribution in [2.24, 2.45) is 0 Å². The molecular formula is C23H15Cl2NO2S. The predicted molar refractivity (Wildman–Crippen MR) is 119 cm³/mol. The summed E-state index contributed by atoms with van der Waals surface area (Å²) in [5, 5.41) is 1.99. The Balaban J connectivity index is 1.69. The molecule has 1 heterocycles. The molecule has 29 heavy (non-hydrogen) atoms. The first-order valence-corrected chi connectivity index (χ1v) is 10.4. The third kappa shape index (κ3) is 4.67. The second-order valence-electron chi connectivity index (χ2n) is 6.27. The number of carbonyl (C=O) groups excluding carboxylic acids is 1. The van der Waals surface area contributed by atoms with Gasteiger partial charge >= 0.3 is 5.97 Å². The van der Waals surface area contributed by atoms with Crippen molar-refractivity contribution in [3.63, 3.8) is 0 Å². The lowest BCUT2D eigenvalue weighted by molar-refractivity contribution is 0.0467. The highest BCUT2D eigenvalue weighted by atomic mass is 35.5. The normalized spacial score (nSPS) is 10.7. The molecule has 0 aliphatic rings. The van der Waals surface area contributed by atoms with Gasteiger partial charge in [0.25, 0.3) is 0 Å². The van der Waals surface area contributed by atoms with Crippen LogP contribution in [0, 0.1) is 0 Å². The highest BCUT2D eigenvalue weighted by Gasteiger charge is 2.22. The minimum absolute atomic E-state index is 0.188. The summed E-state index contributed by atoms with van der Waals surface area (Å²) in [5.74, 6) is -0.463. The van der Waals surface area contributed by atoms with Gasteiger partial charge in [-0.05, 0) is 35.4 Å². The molecule has 0 unspecified atom stereocenters. The van der Waals surface area contributed by atoms with Crippen LogP contribution in [0.4, 0.5) is 0 Å². The third-order valence-electron chi connectivity index (χ3n) is 4.23. The van der Waals surface area contributed by atoms with E-state index in [2.05, 4.69) is 4.98 Å². The van der Waals surface area contributed by atoms with Crippen LogP contribution in [0.2, 0.25) is 10.0 Å². The van der Waals surface area contributed by atoms with Crippen LogP contribution >= 0.6 is 34.5 Å². The molecular weight excluding hydrogens is 425 g/mol.